The van der Waals surface area contributed by atoms with Crippen molar-refractivity contribution in [1.29, 1.82) is 0 Å². The molecular formula is C21H24N4O3S. The van der Waals surface area contributed by atoms with E-state index in [0.29, 0.717) is 31.1 Å². The SMILES string of the molecule is CS(=O)(=O)N1CCC(CNC(=O)c2ccc(-n3cnc4ccccc43)cc2)CC1. The monoisotopic (exact) mass is 412 g/mol. The minimum absolute atomic E-state index is 0.113. The molecule has 1 aromatic heterocycles. The standard InChI is InChI=1S/C21H24N4O3S/c1-29(27,28)24-12-10-16(11-13-24)14-22-21(26)17-6-8-18(9-7-17)25-15-23-19-4-2-3-5-20(19)25/h2-9,15-16H,10-14H2,1H3,(H,22,26). The first-order valence-corrected chi connectivity index (χ1v) is 11.5. The van der Waals surface area contributed by atoms with Crippen LogP contribution in [0.15, 0.2) is 54.9 Å². The van der Waals surface area contributed by atoms with E-state index in [2.05, 4.69) is 10.3 Å². The number of hydrogen-bond acceptors (Lipinski definition) is 4. The molecule has 1 aliphatic heterocycles. The molecule has 0 unspecified atom stereocenters. The van der Waals surface area contributed by atoms with Gasteiger partial charge < -0.3 is 5.32 Å². The average molecular weight is 413 g/mol. The first-order valence-electron chi connectivity index (χ1n) is 9.67. The van der Waals surface area contributed by atoms with Crippen molar-refractivity contribution in [1.82, 2.24) is 19.2 Å². The van der Waals surface area contributed by atoms with Gasteiger partial charge in [0.15, 0.2) is 0 Å². The second kappa shape index (κ2) is 7.96. The molecule has 0 spiro atoms. The first-order chi connectivity index (χ1) is 13.9. The molecule has 1 N–H and O–H groups in total. The highest BCUT2D eigenvalue weighted by Gasteiger charge is 2.25. The van der Waals surface area contributed by atoms with Crippen molar-refractivity contribution >= 4 is 27.0 Å². The van der Waals surface area contributed by atoms with Crippen molar-refractivity contribution in [2.24, 2.45) is 5.92 Å². The number of nitrogens with zero attached hydrogens (tertiary/aromatic N) is 3. The molecule has 1 aliphatic rings. The number of carbonyl (C=O) groups is 1. The third-order valence-electron chi connectivity index (χ3n) is 5.46. The van der Waals surface area contributed by atoms with Gasteiger partial charge in [0.25, 0.3) is 5.91 Å². The summed E-state index contributed by atoms with van der Waals surface area (Å²) in [6.07, 6.45) is 4.55. The van der Waals surface area contributed by atoms with Gasteiger partial charge in [-0.1, -0.05) is 12.1 Å². The van der Waals surface area contributed by atoms with Crippen molar-refractivity contribution in [2.75, 3.05) is 25.9 Å². The second-order valence-corrected chi connectivity index (χ2v) is 9.45. The third kappa shape index (κ3) is 4.33. The number of benzene rings is 2. The first kappa shape index (κ1) is 19.6. The fourth-order valence-electron chi connectivity index (χ4n) is 3.72. The molecule has 152 valence electrons. The van der Waals surface area contributed by atoms with Crippen molar-refractivity contribution in [3.05, 3.63) is 60.4 Å². The van der Waals surface area contributed by atoms with Gasteiger partial charge >= 0.3 is 0 Å². The molecule has 2 aromatic carbocycles. The van der Waals surface area contributed by atoms with Crippen LogP contribution in [0.25, 0.3) is 16.7 Å². The Morgan fingerprint density at radius 2 is 1.79 bits per heavy atom. The molecule has 1 saturated heterocycles. The number of aromatic nitrogens is 2. The van der Waals surface area contributed by atoms with E-state index in [1.54, 1.807) is 6.33 Å². The Balaban J connectivity index is 1.35. The Morgan fingerprint density at radius 3 is 2.48 bits per heavy atom. The van der Waals surface area contributed by atoms with Gasteiger partial charge in [-0.05, 0) is 55.2 Å². The molecule has 4 rings (SSSR count). The second-order valence-electron chi connectivity index (χ2n) is 7.47. The molecule has 7 nitrogen and oxygen atoms in total. The maximum Gasteiger partial charge on any atom is 0.251 e. The Bertz CT molecular complexity index is 1110. The van der Waals surface area contributed by atoms with E-state index in [-0.39, 0.29) is 5.91 Å². The Morgan fingerprint density at radius 1 is 1.10 bits per heavy atom. The number of hydrogen-bond donors (Lipinski definition) is 1. The van der Waals surface area contributed by atoms with Crippen molar-refractivity contribution in [3.63, 3.8) is 0 Å². The molecule has 0 atom stereocenters. The number of amides is 1. The van der Waals surface area contributed by atoms with Crippen LogP contribution in [-0.4, -0.2) is 54.1 Å². The van der Waals surface area contributed by atoms with Gasteiger partial charge in [-0.2, -0.15) is 0 Å². The molecule has 0 bridgehead atoms. The number of fused-ring (bicyclic) bond motifs is 1. The lowest BCUT2D eigenvalue weighted by Gasteiger charge is -2.30. The zero-order chi connectivity index (χ0) is 20.4. The Hall–Kier alpha value is -2.71. The van der Waals surface area contributed by atoms with Crippen LogP contribution < -0.4 is 5.32 Å². The topological polar surface area (TPSA) is 84.3 Å². The molecule has 0 saturated carbocycles. The largest absolute Gasteiger partial charge is 0.352 e. The smallest absolute Gasteiger partial charge is 0.251 e. The molecule has 1 amide bonds. The summed E-state index contributed by atoms with van der Waals surface area (Å²) in [5.41, 5.74) is 3.50. The van der Waals surface area contributed by atoms with Crippen LogP contribution in [0.2, 0.25) is 0 Å². The van der Waals surface area contributed by atoms with E-state index in [9.17, 15) is 13.2 Å². The maximum atomic E-state index is 12.5. The highest BCUT2D eigenvalue weighted by molar-refractivity contribution is 7.88. The van der Waals surface area contributed by atoms with Gasteiger partial charge in [0.2, 0.25) is 10.0 Å². The highest BCUT2D eigenvalue weighted by Crippen LogP contribution is 2.20. The van der Waals surface area contributed by atoms with Crippen LogP contribution in [0, 0.1) is 5.92 Å². The van der Waals surface area contributed by atoms with Gasteiger partial charge in [0.1, 0.15) is 6.33 Å². The van der Waals surface area contributed by atoms with Crippen LogP contribution in [-0.2, 0) is 10.0 Å². The fourth-order valence-corrected chi connectivity index (χ4v) is 4.60. The van der Waals surface area contributed by atoms with Gasteiger partial charge in [0, 0.05) is 30.9 Å². The lowest BCUT2D eigenvalue weighted by molar-refractivity contribution is 0.0941. The van der Waals surface area contributed by atoms with Crippen molar-refractivity contribution < 1.29 is 13.2 Å². The van der Waals surface area contributed by atoms with Crippen LogP contribution in [0.5, 0.6) is 0 Å². The predicted octanol–water partition coefficient (Wildman–Crippen LogP) is 2.43. The summed E-state index contributed by atoms with van der Waals surface area (Å²) in [6.45, 7) is 1.60. The van der Waals surface area contributed by atoms with Crippen molar-refractivity contribution in [2.45, 2.75) is 12.8 Å². The quantitative estimate of drug-likeness (QED) is 0.698. The van der Waals surface area contributed by atoms with E-state index >= 15 is 0 Å². The number of imidazole rings is 1. The minimum atomic E-state index is -3.12. The number of sulfonamides is 1. The van der Waals surface area contributed by atoms with Crippen LogP contribution in [0.1, 0.15) is 23.2 Å². The van der Waals surface area contributed by atoms with Crippen molar-refractivity contribution in [3.8, 4) is 5.69 Å². The molecule has 0 radical (unpaired) electrons. The number of carbonyl (C=O) groups excluding carboxylic acids is 1. The summed E-state index contributed by atoms with van der Waals surface area (Å²) < 4.78 is 26.7. The predicted molar refractivity (Wildman–Crippen MR) is 113 cm³/mol. The van der Waals surface area contributed by atoms with Gasteiger partial charge in [0.05, 0.1) is 17.3 Å². The molecule has 29 heavy (non-hydrogen) atoms. The van der Waals surface area contributed by atoms with E-state index in [1.165, 1.54) is 10.6 Å². The summed E-state index contributed by atoms with van der Waals surface area (Å²) >= 11 is 0. The number of para-hydroxylation sites is 2. The summed E-state index contributed by atoms with van der Waals surface area (Å²) in [4.78, 5) is 16.9. The van der Waals surface area contributed by atoms with E-state index in [4.69, 9.17) is 0 Å². The molecule has 0 aliphatic carbocycles. The van der Waals surface area contributed by atoms with Crippen LogP contribution >= 0.6 is 0 Å². The lowest BCUT2D eigenvalue weighted by atomic mass is 9.98. The van der Waals surface area contributed by atoms with E-state index < -0.39 is 10.0 Å². The zero-order valence-corrected chi connectivity index (χ0v) is 17.1. The summed E-state index contributed by atoms with van der Waals surface area (Å²) in [5, 5.41) is 2.98. The summed E-state index contributed by atoms with van der Waals surface area (Å²) in [7, 11) is -3.12. The number of nitrogens with one attached hydrogen (secondary N) is 1. The fraction of sp³-hybridized carbons (Fsp3) is 0.333. The number of piperidine rings is 1. The van der Waals surface area contributed by atoms with E-state index in [0.717, 1.165) is 29.6 Å². The number of rotatable bonds is 5. The summed E-state index contributed by atoms with van der Waals surface area (Å²) in [6, 6.07) is 15.4. The third-order valence-corrected chi connectivity index (χ3v) is 6.76. The molecule has 1 fully saturated rings. The molecule has 8 heteroatoms. The van der Waals surface area contributed by atoms with Gasteiger partial charge in [-0.3, -0.25) is 9.36 Å². The van der Waals surface area contributed by atoms with E-state index in [1.807, 2.05) is 53.1 Å². The van der Waals surface area contributed by atoms with Crippen LogP contribution in [0.4, 0.5) is 0 Å². The normalized spacial score (nSPS) is 16.2. The highest BCUT2D eigenvalue weighted by atomic mass is 32.2. The minimum Gasteiger partial charge on any atom is -0.352 e. The Labute approximate surface area is 170 Å². The summed E-state index contributed by atoms with van der Waals surface area (Å²) in [5.74, 6) is 0.186. The molecule has 3 aromatic rings. The maximum absolute atomic E-state index is 12.5. The van der Waals surface area contributed by atoms with Crippen LogP contribution in [0.3, 0.4) is 0 Å². The molecule has 2 heterocycles. The molecular weight excluding hydrogens is 388 g/mol. The zero-order valence-electron chi connectivity index (χ0n) is 16.3. The van der Waals surface area contributed by atoms with Gasteiger partial charge in [-0.15, -0.1) is 0 Å². The lowest BCUT2D eigenvalue weighted by Crippen LogP contribution is -2.41. The Kier molecular flexibility index (Phi) is 5.38. The van der Waals surface area contributed by atoms with Gasteiger partial charge in [-0.25, -0.2) is 17.7 Å². The average Bonchev–Trinajstić information content (AvgIpc) is 3.16.